The number of carbonyl (C=O) groups excluding carboxylic acids is 2. The summed E-state index contributed by atoms with van der Waals surface area (Å²) in [5.41, 5.74) is 15.9. The van der Waals surface area contributed by atoms with Gasteiger partial charge in [-0.15, -0.1) is 0 Å². The molecule has 24 heteroatoms. The van der Waals surface area contributed by atoms with Crippen molar-refractivity contribution in [3.63, 3.8) is 0 Å². The first-order valence-electron chi connectivity index (χ1n) is 20.4. The molecule has 0 atom stereocenters. The van der Waals surface area contributed by atoms with Crippen LogP contribution in [0.3, 0.4) is 0 Å². The van der Waals surface area contributed by atoms with E-state index >= 15 is 0 Å². The van der Waals surface area contributed by atoms with Gasteiger partial charge in [-0.3, -0.25) is 18.7 Å². The van der Waals surface area contributed by atoms with E-state index in [1.807, 2.05) is 16.7 Å². The van der Waals surface area contributed by atoms with Crippen molar-refractivity contribution in [2.75, 3.05) is 73.2 Å². The first-order valence-corrected chi connectivity index (χ1v) is 37.2. The summed E-state index contributed by atoms with van der Waals surface area (Å²) in [6.45, 7) is 5.89. The van der Waals surface area contributed by atoms with Crippen molar-refractivity contribution in [2.45, 2.75) is 60.0 Å². The number of aromatic nitrogens is 10. The number of nitrogens with zero attached hydrogens (tertiary/aromatic N) is 12. The van der Waals surface area contributed by atoms with Crippen LogP contribution in [-0.4, -0.2) is 196 Å². The fourth-order valence-electron chi connectivity index (χ4n) is 5.21. The number of nitrogen functional groups attached to an aromatic ring is 2. The summed E-state index contributed by atoms with van der Waals surface area (Å²) < 4.78 is 31.7. The van der Waals surface area contributed by atoms with Crippen LogP contribution in [0.4, 0.5) is 11.6 Å². The normalized spacial score (nSPS) is 10.5. The van der Waals surface area contributed by atoms with Crippen molar-refractivity contribution >= 4 is 125 Å². The number of fused-ring (bicyclic) bond motifs is 2. The Hall–Kier alpha value is -3.31. The van der Waals surface area contributed by atoms with Gasteiger partial charge in [-0.2, -0.15) is 24.9 Å². The summed E-state index contributed by atoms with van der Waals surface area (Å²) in [6.07, 6.45) is 7.15. The number of imidazole rings is 2. The van der Waals surface area contributed by atoms with E-state index in [4.69, 9.17) is 35.2 Å². The van der Waals surface area contributed by atoms with E-state index < -0.39 is 0 Å². The number of amides is 2. The van der Waals surface area contributed by atoms with Gasteiger partial charge in [0.15, 0.2) is 51.9 Å². The van der Waals surface area contributed by atoms with Crippen molar-refractivity contribution in [3.05, 3.63) is 52.5 Å². The van der Waals surface area contributed by atoms with Gasteiger partial charge in [-0.05, 0) is 39.9 Å². The third-order valence-electron chi connectivity index (χ3n) is 8.72. The molecular weight excluding hydrogens is 947 g/mol. The monoisotopic (exact) mass is 1000 g/mol. The first-order chi connectivity index (χ1) is 30.3. The van der Waals surface area contributed by atoms with Gasteiger partial charge in [0, 0.05) is 52.7 Å². The third-order valence-corrected chi connectivity index (χ3v) is 9.33. The summed E-state index contributed by atoms with van der Waals surface area (Å²) in [4.78, 5) is 60.8. The van der Waals surface area contributed by atoms with Crippen LogP contribution in [0.5, 0.6) is 29.8 Å². The number of rotatable bonds is 19. The number of unbranched alkanes of at least 4 members (excludes halogenated alkanes) is 2. The maximum absolute atomic E-state index is 11.6. The van der Waals surface area contributed by atoms with Crippen molar-refractivity contribution < 1.29 is 33.3 Å². The van der Waals surface area contributed by atoms with Crippen molar-refractivity contribution in [1.82, 2.24) is 58.8 Å². The Morgan fingerprint density at radius 3 is 1.52 bits per heavy atom. The Balaban J connectivity index is 0.000000323. The molecule has 6 aromatic rings. The summed E-state index contributed by atoms with van der Waals surface area (Å²) in [5, 5.41) is 0. The first kappa shape index (κ1) is 55.0. The number of carbonyl (C=O) groups is 2. The molecule has 0 aliphatic heterocycles. The fourth-order valence-corrected chi connectivity index (χ4v) is 5.68. The molecule has 2 amide bonds. The molecule has 0 aliphatic carbocycles. The van der Waals surface area contributed by atoms with Gasteiger partial charge >= 0.3 is 75.2 Å². The average molecular weight is 1000 g/mol. The second kappa shape index (κ2) is 28.0. The second-order valence-electron chi connectivity index (χ2n) is 13.8. The molecule has 64 heavy (non-hydrogen) atoms. The number of methoxy groups -OCH3 is 1. The topological polar surface area (TPSA) is 252 Å². The summed E-state index contributed by atoms with van der Waals surface area (Å²) in [5.74, 6) is 0.944. The number of likely N-dealkylation sites (N-methyl/N-ethyl adjacent to an activating group) is 2. The van der Waals surface area contributed by atoms with Crippen LogP contribution in [-0.2, 0) is 22.7 Å². The van der Waals surface area contributed by atoms with Gasteiger partial charge in [0.2, 0.25) is 11.8 Å². The van der Waals surface area contributed by atoms with E-state index in [1.54, 1.807) is 57.3 Å². The average Bonchev–Trinajstić information content (AvgIpc) is 3.80. The van der Waals surface area contributed by atoms with Crippen LogP contribution in [0.1, 0.15) is 58.1 Å². The molecule has 21 nitrogen and oxygen atoms in total. The summed E-state index contributed by atoms with van der Waals surface area (Å²) in [6, 6.07) is 7.91. The van der Waals surface area contributed by atoms with Crippen LogP contribution in [0, 0.1) is 0 Å². The Morgan fingerprint density at radius 1 is 0.672 bits per heavy atom. The van der Waals surface area contributed by atoms with Gasteiger partial charge < -0.3 is 45.0 Å². The third kappa shape index (κ3) is 15.9. The van der Waals surface area contributed by atoms with E-state index in [2.05, 4.69) is 69.6 Å². The van der Waals surface area contributed by atoms with E-state index in [0.717, 1.165) is 36.8 Å². The quantitative estimate of drug-likeness (QED) is 0.0668. The fraction of sp³-hybridized carbons (Fsp3) is 0.450. The molecule has 6 aromatic heterocycles. The Kier molecular flexibility index (Phi) is 24.1. The van der Waals surface area contributed by atoms with Gasteiger partial charge in [0.1, 0.15) is 0 Å². The Morgan fingerprint density at radius 2 is 1.11 bits per heavy atom. The predicted molar refractivity (Wildman–Crippen MR) is 248 cm³/mol. The number of pyridine rings is 2. The molecule has 336 valence electrons. The van der Waals surface area contributed by atoms with Gasteiger partial charge in [-0.1, -0.05) is 46.2 Å². The molecule has 0 unspecified atom stereocenters. The summed E-state index contributed by atoms with van der Waals surface area (Å²) in [7, 11) is 8.21. The van der Waals surface area contributed by atoms with E-state index in [-0.39, 0.29) is 56.1 Å². The zero-order valence-corrected chi connectivity index (χ0v) is 45.1. The molecule has 0 bridgehead atoms. The van der Waals surface area contributed by atoms with Crippen LogP contribution >= 0.6 is 15.9 Å². The zero-order valence-electron chi connectivity index (χ0n) is 37.3. The number of hydrogen-bond acceptors (Lipinski definition) is 17. The molecule has 0 aromatic carbocycles. The number of hydrogen-bond donors (Lipinski definition) is 2. The molecule has 0 saturated heterocycles. The van der Waals surface area contributed by atoms with E-state index in [9.17, 15) is 9.59 Å². The Bertz CT molecular complexity index is 2400. The maximum atomic E-state index is 11.6. The molecule has 4 N–H and O–H groups in total. The molecule has 0 saturated carbocycles. The van der Waals surface area contributed by atoms with E-state index in [0.29, 0.717) is 71.1 Å². The number of ether oxygens (including phenoxy) is 5. The van der Waals surface area contributed by atoms with Crippen LogP contribution in [0.15, 0.2) is 41.4 Å². The van der Waals surface area contributed by atoms with Gasteiger partial charge in [0.25, 0.3) is 17.8 Å². The number of halogens is 1. The van der Waals surface area contributed by atoms with Crippen LogP contribution in [0.2, 0.25) is 0 Å². The number of nitrogens with two attached hydrogens (primary N) is 2. The molecule has 6 heterocycles. The zero-order chi connectivity index (χ0) is 46.1. The minimum absolute atomic E-state index is 0. The molecule has 0 aliphatic rings. The number of anilines is 2. The van der Waals surface area contributed by atoms with E-state index in [1.165, 1.54) is 80.1 Å². The summed E-state index contributed by atoms with van der Waals surface area (Å²) >= 11 is 5.96. The van der Waals surface area contributed by atoms with Gasteiger partial charge in [-0.25, -0.2) is 15.0 Å². The predicted octanol–water partition coefficient (Wildman–Crippen LogP) is 3.64. The minimum atomic E-state index is -0.144. The Labute approximate surface area is 426 Å². The van der Waals surface area contributed by atoms with Crippen LogP contribution < -0.4 is 35.2 Å². The molecule has 0 radical (unpaired) electrons. The van der Waals surface area contributed by atoms with Crippen molar-refractivity contribution in [1.29, 1.82) is 0 Å². The second-order valence-corrected chi connectivity index (χ2v) is 14.6. The van der Waals surface area contributed by atoms with Crippen molar-refractivity contribution in [2.24, 2.45) is 0 Å². The molecule has 0 fully saturated rings. The van der Waals surface area contributed by atoms with Crippen LogP contribution in [0.25, 0.3) is 22.3 Å². The SMILES string of the molecule is C.CCCCOc1nc(N)c2nc(Br)n(Cc3ccc(OCC(=O)N(C)C)nc3)c2n1.CCCCOc1nc(N)c2nc(OC)n(Cc3ccc(OCC(=O)N(C)C)nc3)c2n1.[K][K]. The standard InChI is InChI=1S/C20H27N7O4.C19H24BrN7O3.CH4.2K/c1-5-6-9-30-19-24-17(21)16-18(25-19)27(20(23-16)29-4)11-13-7-8-14(22-10-13)31-12-15(28)26(2)3;1-4-5-8-29-19-24-16(21)15-17(25-19)27(18(20)23-15)10-12-6-7-13(22-9-12)30-11-14(28)26(2)3;;;/h7-8,10H,5-6,9,11-12H2,1-4H3,(H2,21,24,25);6-7,9H,4-5,8,10-11H2,1-3H3,(H2,21,24,25);1H4;;. The molecule has 6 rings (SSSR count). The van der Waals surface area contributed by atoms with Gasteiger partial charge in [0.05, 0.1) is 33.4 Å². The van der Waals surface area contributed by atoms with Crippen molar-refractivity contribution in [3.8, 4) is 29.8 Å². The molecule has 0 spiro atoms. The molecular formula is C40H55BrK2N14O7.